The molecule has 1 N–H and O–H groups in total. The Kier molecular flexibility index (Phi) is 3.38. The van der Waals surface area contributed by atoms with Gasteiger partial charge in [0.15, 0.2) is 0 Å². The van der Waals surface area contributed by atoms with Crippen LogP contribution in [0.2, 0.25) is 0 Å². The van der Waals surface area contributed by atoms with Gasteiger partial charge in [-0.25, -0.2) is 3.96 Å². The largest absolute Gasteiger partial charge is 0.395 e. The van der Waals surface area contributed by atoms with Crippen molar-refractivity contribution in [2.75, 3.05) is 20.2 Å². The molecule has 5 heteroatoms. The molecule has 16 heavy (non-hydrogen) atoms. The zero-order valence-corrected chi connectivity index (χ0v) is 9.91. The van der Waals surface area contributed by atoms with E-state index in [0.29, 0.717) is 13.2 Å². The minimum atomic E-state index is 0.0467. The lowest BCUT2D eigenvalue weighted by atomic mass is 10.3. The topological polar surface area (TPSA) is 45.5 Å². The highest BCUT2D eigenvalue weighted by atomic mass is 32.1. The van der Waals surface area contributed by atoms with E-state index in [1.165, 1.54) is 11.5 Å². The van der Waals surface area contributed by atoms with Crippen LogP contribution in [-0.4, -0.2) is 34.2 Å². The lowest BCUT2D eigenvalue weighted by Gasteiger charge is -2.13. The number of benzene rings is 1. The van der Waals surface area contributed by atoms with Gasteiger partial charge >= 0.3 is 0 Å². The number of aromatic nitrogens is 1. The van der Waals surface area contributed by atoms with Crippen LogP contribution in [0.25, 0.3) is 10.1 Å². The molecule has 4 nitrogen and oxygen atoms in total. The molecule has 1 heterocycles. The Morgan fingerprint density at radius 2 is 2.19 bits per heavy atom. The van der Waals surface area contributed by atoms with Gasteiger partial charge in [0.1, 0.15) is 0 Å². The van der Waals surface area contributed by atoms with Crippen LogP contribution in [0.3, 0.4) is 0 Å². The van der Waals surface area contributed by atoms with Crippen molar-refractivity contribution < 1.29 is 5.11 Å². The van der Waals surface area contributed by atoms with Gasteiger partial charge in [-0.3, -0.25) is 9.69 Å². The van der Waals surface area contributed by atoms with Crippen molar-refractivity contribution in [2.24, 2.45) is 0 Å². The van der Waals surface area contributed by atoms with Crippen molar-refractivity contribution in [3.63, 3.8) is 0 Å². The van der Waals surface area contributed by atoms with Crippen molar-refractivity contribution >= 4 is 21.6 Å². The Morgan fingerprint density at radius 3 is 2.88 bits per heavy atom. The van der Waals surface area contributed by atoms with Crippen molar-refractivity contribution in [1.29, 1.82) is 0 Å². The molecule has 2 aromatic rings. The summed E-state index contributed by atoms with van der Waals surface area (Å²) in [5, 5.41) is 9.57. The van der Waals surface area contributed by atoms with E-state index >= 15 is 0 Å². The smallest absolute Gasteiger partial charge is 0.269 e. The molecule has 0 aliphatic heterocycles. The van der Waals surface area contributed by atoms with E-state index in [1.807, 2.05) is 36.2 Å². The van der Waals surface area contributed by atoms with Crippen LogP contribution in [0, 0.1) is 0 Å². The van der Waals surface area contributed by atoms with E-state index in [4.69, 9.17) is 5.11 Å². The summed E-state index contributed by atoms with van der Waals surface area (Å²) < 4.78 is 2.71. The second-order valence-electron chi connectivity index (χ2n) is 3.72. The van der Waals surface area contributed by atoms with Crippen LogP contribution in [0.4, 0.5) is 0 Å². The summed E-state index contributed by atoms with van der Waals surface area (Å²) in [6.45, 7) is 1.20. The van der Waals surface area contributed by atoms with E-state index in [-0.39, 0.29) is 12.2 Å². The maximum Gasteiger partial charge on any atom is 0.269 e. The number of hydrogen-bond acceptors (Lipinski definition) is 4. The Balaban J connectivity index is 2.31. The fraction of sp³-hybridized carbons (Fsp3) is 0.364. The molecule has 0 spiro atoms. The third kappa shape index (κ3) is 2.16. The maximum absolute atomic E-state index is 12.0. The van der Waals surface area contributed by atoms with Gasteiger partial charge < -0.3 is 5.11 Å². The number of aliphatic hydroxyl groups is 1. The molecule has 0 saturated heterocycles. The predicted octanol–water partition coefficient (Wildman–Crippen LogP) is 0.945. The lowest BCUT2D eigenvalue weighted by Crippen LogP contribution is -2.28. The quantitative estimate of drug-likeness (QED) is 0.862. The lowest BCUT2D eigenvalue weighted by molar-refractivity contribution is 0.197. The van der Waals surface area contributed by atoms with Crippen molar-refractivity contribution in [3.05, 3.63) is 34.6 Å². The summed E-state index contributed by atoms with van der Waals surface area (Å²) in [7, 11) is 1.88. The van der Waals surface area contributed by atoms with Gasteiger partial charge in [0.2, 0.25) is 0 Å². The fourth-order valence-corrected chi connectivity index (χ4v) is 2.64. The fourth-order valence-electron chi connectivity index (χ4n) is 1.57. The predicted molar refractivity (Wildman–Crippen MR) is 65.8 cm³/mol. The zero-order valence-electron chi connectivity index (χ0n) is 9.09. The number of rotatable bonds is 4. The molecular formula is C11H14N2O2S. The van der Waals surface area contributed by atoms with E-state index in [0.717, 1.165) is 10.1 Å². The van der Waals surface area contributed by atoms with Gasteiger partial charge in [0.25, 0.3) is 5.56 Å². The maximum atomic E-state index is 12.0. The SMILES string of the molecule is CN(CCO)Cn1sc2ccccc2c1=O. The molecule has 0 bridgehead atoms. The molecule has 0 saturated carbocycles. The Bertz CT molecular complexity index is 532. The highest BCUT2D eigenvalue weighted by Crippen LogP contribution is 2.15. The first-order valence-corrected chi connectivity index (χ1v) is 5.88. The third-order valence-corrected chi connectivity index (χ3v) is 3.46. The second-order valence-corrected chi connectivity index (χ2v) is 4.78. The van der Waals surface area contributed by atoms with Crippen LogP contribution >= 0.6 is 11.5 Å². The number of aliphatic hydroxyl groups excluding tert-OH is 1. The van der Waals surface area contributed by atoms with Crippen LogP contribution in [-0.2, 0) is 6.67 Å². The molecule has 0 radical (unpaired) electrons. The van der Waals surface area contributed by atoms with E-state index in [9.17, 15) is 4.79 Å². The normalized spacial score (nSPS) is 11.4. The number of likely N-dealkylation sites (N-methyl/N-ethyl adjacent to an activating group) is 1. The van der Waals surface area contributed by atoms with Crippen LogP contribution in [0.1, 0.15) is 0 Å². The Morgan fingerprint density at radius 1 is 1.44 bits per heavy atom. The summed E-state index contributed by atoms with van der Waals surface area (Å²) in [6, 6.07) is 7.60. The summed E-state index contributed by atoms with van der Waals surface area (Å²) in [6.07, 6.45) is 0. The molecule has 0 fully saturated rings. The standard InChI is InChI=1S/C11H14N2O2S/c1-12(6-7-14)8-13-11(15)9-4-2-3-5-10(9)16-13/h2-5,14H,6-8H2,1H3. The van der Waals surface area contributed by atoms with E-state index in [1.54, 1.807) is 3.96 Å². The molecule has 0 aliphatic carbocycles. The third-order valence-electron chi connectivity index (χ3n) is 2.40. The summed E-state index contributed by atoms with van der Waals surface area (Å²) in [4.78, 5) is 13.9. The molecule has 0 aliphatic rings. The molecule has 2 rings (SSSR count). The number of nitrogens with zero attached hydrogens (tertiary/aromatic N) is 2. The average molecular weight is 238 g/mol. The molecule has 0 unspecified atom stereocenters. The average Bonchev–Trinajstić information content (AvgIpc) is 2.57. The van der Waals surface area contributed by atoms with Gasteiger partial charge in [0, 0.05) is 6.54 Å². The van der Waals surface area contributed by atoms with Gasteiger partial charge in [-0.15, -0.1) is 0 Å². The van der Waals surface area contributed by atoms with Gasteiger partial charge in [-0.2, -0.15) is 0 Å². The van der Waals surface area contributed by atoms with Crippen LogP contribution in [0.15, 0.2) is 29.1 Å². The summed E-state index contributed by atoms with van der Waals surface area (Å²) in [5.41, 5.74) is 0.0467. The number of fused-ring (bicyclic) bond motifs is 1. The zero-order chi connectivity index (χ0) is 11.5. The Hall–Kier alpha value is -1.17. The number of hydrogen-bond donors (Lipinski definition) is 1. The molecule has 1 aromatic carbocycles. The summed E-state index contributed by atoms with van der Waals surface area (Å²) >= 11 is 1.46. The van der Waals surface area contributed by atoms with Crippen molar-refractivity contribution in [1.82, 2.24) is 8.86 Å². The molecule has 86 valence electrons. The van der Waals surface area contributed by atoms with Gasteiger partial charge in [-0.1, -0.05) is 23.7 Å². The van der Waals surface area contributed by atoms with Gasteiger partial charge in [0.05, 0.1) is 23.4 Å². The first-order valence-electron chi connectivity index (χ1n) is 5.10. The Labute approximate surface area is 97.5 Å². The van der Waals surface area contributed by atoms with E-state index < -0.39 is 0 Å². The highest BCUT2D eigenvalue weighted by Gasteiger charge is 2.07. The van der Waals surface area contributed by atoms with Crippen molar-refractivity contribution in [2.45, 2.75) is 6.67 Å². The van der Waals surface area contributed by atoms with Crippen LogP contribution in [0.5, 0.6) is 0 Å². The monoisotopic (exact) mass is 238 g/mol. The summed E-state index contributed by atoms with van der Waals surface area (Å²) in [5.74, 6) is 0. The van der Waals surface area contributed by atoms with E-state index in [2.05, 4.69) is 0 Å². The van der Waals surface area contributed by atoms with Gasteiger partial charge in [-0.05, 0) is 19.2 Å². The molecule has 1 aromatic heterocycles. The first kappa shape index (κ1) is 11.3. The molecule has 0 amide bonds. The first-order chi connectivity index (χ1) is 7.72. The van der Waals surface area contributed by atoms with Crippen LogP contribution < -0.4 is 5.56 Å². The highest BCUT2D eigenvalue weighted by molar-refractivity contribution is 7.13. The molecular weight excluding hydrogens is 224 g/mol. The second kappa shape index (κ2) is 4.78. The minimum Gasteiger partial charge on any atom is -0.395 e. The molecule has 0 atom stereocenters. The van der Waals surface area contributed by atoms with Crippen molar-refractivity contribution in [3.8, 4) is 0 Å². The minimum absolute atomic E-state index is 0.0467.